The zero-order valence-corrected chi connectivity index (χ0v) is 19.8. The van der Waals surface area contributed by atoms with E-state index < -0.39 is 17.6 Å². The number of thioether (sulfide) groups is 1. The zero-order valence-electron chi connectivity index (χ0n) is 18.2. The fourth-order valence-electron chi connectivity index (χ4n) is 2.93. The van der Waals surface area contributed by atoms with Crippen LogP contribution in [0.3, 0.4) is 0 Å². The molecule has 0 aliphatic rings. The number of benzene rings is 2. The largest absolute Gasteiger partial charge is 0.486 e. The quantitative estimate of drug-likeness (QED) is 0.267. The second-order valence-corrected chi connectivity index (χ2v) is 8.46. The molecule has 0 spiro atoms. The summed E-state index contributed by atoms with van der Waals surface area (Å²) in [5, 5.41) is 11.1. The monoisotopic (exact) mass is 510 g/mol. The molecule has 34 heavy (non-hydrogen) atoms. The van der Waals surface area contributed by atoms with Crippen molar-refractivity contribution in [2.45, 2.75) is 37.8 Å². The molecule has 0 radical (unpaired) electrons. The first-order chi connectivity index (χ1) is 16.2. The van der Waals surface area contributed by atoms with Crippen LogP contribution in [0.15, 0.2) is 60.3 Å². The van der Waals surface area contributed by atoms with Crippen molar-refractivity contribution in [1.82, 2.24) is 14.8 Å². The smallest absolute Gasteiger partial charge is 0.416 e. The van der Waals surface area contributed by atoms with Gasteiger partial charge in [-0.2, -0.15) is 13.2 Å². The average molecular weight is 511 g/mol. The Bertz CT molecular complexity index is 1150. The van der Waals surface area contributed by atoms with E-state index in [-0.39, 0.29) is 23.1 Å². The fourth-order valence-corrected chi connectivity index (χ4v) is 3.86. The third kappa shape index (κ3) is 6.77. The Balaban J connectivity index is 1.63. The second-order valence-electron chi connectivity index (χ2n) is 7.11. The Labute approximate surface area is 204 Å². The van der Waals surface area contributed by atoms with Crippen LogP contribution in [0.4, 0.5) is 18.9 Å². The number of allylic oxidation sites excluding steroid dienone is 1. The first kappa shape index (κ1) is 25.6. The van der Waals surface area contributed by atoms with Crippen LogP contribution < -0.4 is 10.1 Å². The Hall–Kier alpha value is -2.98. The van der Waals surface area contributed by atoms with Gasteiger partial charge in [-0.1, -0.05) is 48.5 Å². The number of hydrogen-bond acceptors (Lipinski definition) is 5. The summed E-state index contributed by atoms with van der Waals surface area (Å²) < 4.78 is 46.4. The average Bonchev–Trinajstić information content (AvgIpc) is 3.19. The molecule has 0 saturated heterocycles. The van der Waals surface area contributed by atoms with Gasteiger partial charge >= 0.3 is 6.18 Å². The molecule has 0 fully saturated rings. The second kappa shape index (κ2) is 11.4. The summed E-state index contributed by atoms with van der Waals surface area (Å²) in [5.41, 5.74) is 0.183. The van der Waals surface area contributed by atoms with Crippen molar-refractivity contribution >= 4 is 35.0 Å². The number of rotatable bonds is 10. The molecule has 1 aromatic heterocycles. The first-order valence-corrected chi connectivity index (χ1v) is 11.6. The molecule has 2 aromatic carbocycles. The predicted octanol–water partition coefficient (Wildman–Crippen LogP) is 6.01. The van der Waals surface area contributed by atoms with E-state index in [2.05, 4.69) is 29.0 Å². The topological polar surface area (TPSA) is 69.0 Å². The van der Waals surface area contributed by atoms with Crippen molar-refractivity contribution in [3.63, 3.8) is 0 Å². The van der Waals surface area contributed by atoms with Crippen molar-refractivity contribution in [2.24, 2.45) is 0 Å². The Morgan fingerprint density at radius 3 is 2.62 bits per heavy atom. The zero-order chi connectivity index (χ0) is 24.7. The lowest BCUT2D eigenvalue weighted by Gasteiger charge is -2.12. The maximum Gasteiger partial charge on any atom is 0.416 e. The number of ether oxygens (including phenoxy) is 1. The molecule has 0 aliphatic carbocycles. The molecule has 3 aromatic rings. The number of nitrogens with zero attached hydrogens (tertiary/aromatic N) is 3. The van der Waals surface area contributed by atoms with Crippen molar-refractivity contribution < 1.29 is 22.7 Å². The number of anilines is 1. The van der Waals surface area contributed by atoms with E-state index in [0.29, 0.717) is 23.3 Å². The van der Waals surface area contributed by atoms with Gasteiger partial charge in [-0.25, -0.2) is 0 Å². The minimum absolute atomic E-state index is 0.00702. The van der Waals surface area contributed by atoms with Crippen molar-refractivity contribution in [3.05, 3.63) is 77.1 Å². The maximum absolute atomic E-state index is 12.9. The van der Waals surface area contributed by atoms with Gasteiger partial charge in [-0.05, 0) is 42.3 Å². The summed E-state index contributed by atoms with van der Waals surface area (Å²) in [7, 11) is 0. The van der Waals surface area contributed by atoms with Crippen LogP contribution in [0.2, 0.25) is 5.02 Å². The van der Waals surface area contributed by atoms with Gasteiger partial charge in [0.05, 0.1) is 22.0 Å². The molecule has 1 heterocycles. The summed E-state index contributed by atoms with van der Waals surface area (Å²) in [6.07, 6.45) is -1.95. The number of amides is 1. The molecule has 6 nitrogen and oxygen atoms in total. The third-order valence-electron chi connectivity index (χ3n) is 4.70. The molecule has 3 rings (SSSR count). The van der Waals surface area contributed by atoms with Crippen LogP contribution >= 0.6 is 23.4 Å². The van der Waals surface area contributed by atoms with Crippen molar-refractivity contribution in [1.29, 1.82) is 0 Å². The summed E-state index contributed by atoms with van der Waals surface area (Å²) >= 11 is 7.03. The SMILES string of the molecule is C=CCn1c(COc2ccc(CC)cc2)nnc1SCC(=O)Nc1cc(C(F)(F)F)ccc1Cl. The number of aryl methyl sites for hydroxylation is 1. The van der Waals surface area contributed by atoms with Crippen molar-refractivity contribution in [2.75, 3.05) is 11.1 Å². The van der Waals surface area contributed by atoms with Crippen LogP contribution in [0.25, 0.3) is 0 Å². The van der Waals surface area contributed by atoms with Crippen LogP contribution in [-0.2, 0) is 30.5 Å². The maximum atomic E-state index is 12.9. The van der Waals surface area contributed by atoms with E-state index in [1.54, 1.807) is 10.6 Å². The van der Waals surface area contributed by atoms with Gasteiger partial charge in [0, 0.05) is 6.54 Å². The summed E-state index contributed by atoms with van der Waals surface area (Å²) in [5.74, 6) is 0.592. The standard InChI is InChI=1S/C23H22ClF3N4O2S/c1-3-11-31-20(13-33-17-8-5-15(4-2)6-9-17)29-30-22(31)34-14-21(32)28-19-12-16(23(25,26)27)7-10-18(19)24/h3,5-10,12H,1,4,11,13-14H2,2H3,(H,28,32). The van der Waals surface area contributed by atoms with E-state index in [9.17, 15) is 18.0 Å². The summed E-state index contributed by atoms with van der Waals surface area (Å²) in [6.45, 7) is 6.36. The van der Waals surface area contributed by atoms with Gasteiger partial charge in [0.2, 0.25) is 5.91 Å². The minimum atomic E-state index is -4.55. The lowest BCUT2D eigenvalue weighted by Crippen LogP contribution is -2.16. The molecule has 0 unspecified atom stereocenters. The van der Waals surface area contributed by atoms with E-state index in [4.69, 9.17) is 16.3 Å². The summed E-state index contributed by atoms with van der Waals surface area (Å²) in [4.78, 5) is 12.4. The number of nitrogens with one attached hydrogen (secondary N) is 1. The van der Waals surface area contributed by atoms with Gasteiger partial charge in [-0.3, -0.25) is 9.36 Å². The number of alkyl halides is 3. The van der Waals surface area contributed by atoms with Crippen LogP contribution in [-0.4, -0.2) is 26.4 Å². The molecule has 180 valence electrons. The highest BCUT2D eigenvalue weighted by Crippen LogP contribution is 2.34. The number of halogens is 4. The molecular formula is C23H22ClF3N4O2S. The lowest BCUT2D eigenvalue weighted by atomic mass is 10.2. The number of carbonyl (C=O) groups excluding carboxylic acids is 1. The minimum Gasteiger partial charge on any atom is -0.486 e. The van der Waals surface area contributed by atoms with E-state index >= 15 is 0 Å². The van der Waals surface area contributed by atoms with Gasteiger partial charge in [-0.15, -0.1) is 16.8 Å². The third-order valence-corrected chi connectivity index (χ3v) is 6.00. The molecule has 0 aliphatic heterocycles. The first-order valence-electron chi connectivity index (χ1n) is 10.2. The van der Waals surface area contributed by atoms with E-state index in [0.717, 1.165) is 36.4 Å². The fraction of sp³-hybridized carbons (Fsp3) is 0.261. The van der Waals surface area contributed by atoms with Crippen LogP contribution in [0.1, 0.15) is 23.9 Å². The number of aromatic nitrogens is 3. The molecule has 1 N–H and O–H groups in total. The molecule has 0 saturated carbocycles. The van der Waals surface area contributed by atoms with Gasteiger partial charge < -0.3 is 10.1 Å². The van der Waals surface area contributed by atoms with E-state index in [1.807, 2.05) is 24.3 Å². The van der Waals surface area contributed by atoms with Gasteiger partial charge in [0.15, 0.2) is 11.0 Å². The molecule has 0 atom stereocenters. The number of carbonyl (C=O) groups is 1. The predicted molar refractivity (Wildman–Crippen MR) is 126 cm³/mol. The Morgan fingerprint density at radius 2 is 1.97 bits per heavy atom. The molecule has 1 amide bonds. The molecule has 11 heteroatoms. The Morgan fingerprint density at radius 1 is 1.24 bits per heavy atom. The van der Waals surface area contributed by atoms with E-state index in [1.165, 1.54) is 5.56 Å². The highest BCUT2D eigenvalue weighted by Gasteiger charge is 2.31. The van der Waals surface area contributed by atoms with Crippen LogP contribution in [0, 0.1) is 0 Å². The summed E-state index contributed by atoms with van der Waals surface area (Å²) in [6, 6.07) is 10.5. The molecular weight excluding hydrogens is 489 g/mol. The van der Waals surface area contributed by atoms with Gasteiger partial charge in [0.25, 0.3) is 0 Å². The lowest BCUT2D eigenvalue weighted by molar-refractivity contribution is -0.137. The highest BCUT2D eigenvalue weighted by atomic mass is 35.5. The molecule has 0 bridgehead atoms. The number of hydrogen-bond donors (Lipinski definition) is 1. The van der Waals surface area contributed by atoms with Gasteiger partial charge in [0.1, 0.15) is 12.4 Å². The van der Waals surface area contributed by atoms with Crippen molar-refractivity contribution in [3.8, 4) is 5.75 Å². The Kier molecular flexibility index (Phi) is 8.62. The highest BCUT2D eigenvalue weighted by molar-refractivity contribution is 7.99. The normalized spacial score (nSPS) is 11.3. The van der Waals surface area contributed by atoms with Crippen LogP contribution in [0.5, 0.6) is 5.75 Å².